The zero-order valence-corrected chi connectivity index (χ0v) is 12.0. The predicted octanol–water partition coefficient (Wildman–Crippen LogP) is 3.99. The number of benzene rings is 2. The SMILES string of the molecule is COc1ccc(F)c(NC(=O)c2ccc(F)c(Br)c2)c1. The maximum atomic E-state index is 13.6. The van der Waals surface area contributed by atoms with Gasteiger partial charge in [0.15, 0.2) is 0 Å². The van der Waals surface area contributed by atoms with Crippen LogP contribution in [0.4, 0.5) is 14.5 Å². The van der Waals surface area contributed by atoms with Gasteiger partial charge in [0.05, 0.1) is 17.3 Å². The Morgan fingerprint density at radius 1 is 1.15 bits per heavy atom. The third kappa shape index (κ3) is 3.14. The highest BCUT2D eigenvalue weighted by atomic mass is 79.9. The highest BCUT2D eigenvalue weighted by Crippen LogP contribution is 2.22. The van der Waals surface area contributed by atoms with Crippen molar-refractivity contribution in [3.05, 3.63) is 58.1 Å². The minimum absolute atomic E-state index is 0.00482. The van der Waals surface area contributed by atoms with Gasteiger partial charge in [-0.05, 0) is 46.3 Å². The Balaban J connectivity index is 2.25. The molecule has 0 aromatic heterocycles. The normalized spacial score (nSPS) is 10.2. The number of rotatable bonds is 3. The molecule has 0 bridgehead atoms. The Labute approximate surface area is 122 Å². The fourth-order valence-electron chi connectivity index (χ4n) is 1.56. The molecule has 3 nitrogen and oxygen atoms in total. The van der Waals surface area contributed by atoms with Gasteiger partial charge in [-0.2, -0.15) is 0 Å². The van der Waals surface area contributed by atoms with E-state index in [9.17, 15) is 13.6 Å². The molecule has 0 unspecified atom stereocenters. The van der Waals surface area contributed by atoms with Crippen molar-refractivity contribution in [2.45, 2.75) is 0 Å². The first-order chi connectivity index (χ1) is 9.51. The summed E-state index contributed by atoms with van der Waals surface area (Å²) >= 11 is 2.99. The Hall–Kier alpha value is -1.95. The number of carbonyl (C=O) groups is 1. The molecule has 6 heteroatoms. The van der Waals surface area contributed by atoms with Crippen LogP contribution in [-0.4, -0.2) is 13.0 Å². The first-order valence-corrected chi connectivity index (χ1v) is 6.40. The van der Waals surface area contributed by atoms with Crippen LogP contribution in [0.25, 0.3) is 0 Å². The zero-order valence-electron chi connectivity index (χ0n) is 10.4. The molecule has 0 fully saturated rings. The van der Waals surface area contributed by atoms with Crippen molar-refractivity contribution in [3.8, 4) is 5.75 Å². The average molecular weight is 342 g/mol. The van der Waals surface area contributed by atoms with E-state index < -0.39 is 17.5 Å². The summed E-state index contributed by atoms with van der Waals surface area (Å²) < 4.78 is 31.8. The number of halogens is 3. The molecule has 0 aliphatic carbocycles. The Kier molecular flexibility index (Phi) is 4.34. The van der Waals surface area contributed by atoms with Gasteiger partial charge < -0.3 is 10.1 Å². The largest absolute Gasteiger partial charge is 0.497 e. The van der Waals surface area contributed by atoms with Gasteiger partial charge in [-0.15, -0.1) is 0 Å². The summed E-state index contributed by atoms with van der Waals surface area (Å²) in [4.78, 5) is 12.0. The van der Waals surface area contributed by atoms with Crippen molar-refractivity contribution in [3.63, 3.8) is 0 Å². The molecule has 1 N–H and O–H groups in total. The Morgan fingerprint density at radius 3 is 2.50 bits per heavy atom. The molecule has 0 spiro atoms. The lowest BCUT2D eigenvalue weighted by Crippen LogP contribution is -2.13. The average Bonchev–Trinajstić information content (AvgIpc) is 2.44. The number of hydrogen-bond acceptors (Lipinski definition) is 2. The molecule has 0 heterocycles. The second kappa shape index (κ2) is 6.00. The van der Waals surface area contributed by atoms with E-state index in [1.807, 2.05) is 0 Å². The van der Waals surface area contributed by atoms with Crippen LogP contribution in [0.1, 0.15) is 10.4 Å². The van der Waals surface area contributed by atoms with Gasteiger partial charge in [-0.25, -0.2) is 8.78 Å². The third-order valence-electron chi connectivity index (χ3n) is 2.60. The van der Waals surface area contributed by atoms with Crippen LogP contribution in [0.5, 0.6) is 5.75 Å². The molecule has 1 amide bonds. The number of ether oxygens (including phenoxy) is 1. The molecule has 20 heavy (non-hydrogen) atoms. The van der Waals surface area contributed by atoms with Crippen molar-refractivity contribution in [1.82, 2.24) is 0 Å². The highest BCUT2D eigenvalue weighted by Gasteiger charge is 2.12. The van der Waals surface area contributed by atoms with Crippen LogP contribution in [0, 0.1) is 11.6 Å². The molecule has 0 saturated carbocycles. The Morgan fingerprint density at radius 2 is 1.85 bits per heavy atom. The lowest BCUT2D eigenvalue weighted by molar-refractivity contribution is 0.102. The first-order valence-electron chi connectivity index (χ1n) is 5.61. The zero-order chi connectivity index (χ0) is 14.7. The molecule has 0 atom stereocenters. The van der Waals surface area contributed by atoms with E-state index >= 15 is 0 Å². The number of methoxy groups -OCH3 is 1. The molecule has 0 radical (unpaired) electrons. The van der Waals surface area contributed by atoms with Crippen molar-refractivity contribution >= 4 is 27.5 Å². The molecule has 0 aliphatic rings. The van der Waals surface area contributed by atoms with Gasteiger partial charge >= 0.3 is 0 Å². The summed E-state index contributed by atoms with van der Waals surface area (Å²) in [5.41, 5.74) is 0.204. The fourth-order valence-corrected chi connectivity index (χ4v) is 1.94. The van der Waals surface area contributed by atoms with Crippen LogP contribution >= 0.6 is 15.9 Å². The van der Waals surface area contributed by atoms with Crippen molar-refractivity contribution in [1.29, 1.82) is 0 Å². The van der Waals surface area contributed by atoms with E-state index in [2.05, 4.69) is 21.2 Å². The van der Waals surface area contributed by atoms with E-state index in [0.717, 1.165) is 6.07 Å². The summed E-state index contributed by atoms with van der Waals surface area (Å²) in [6, 6.07) is 7.79. The lowest BCUT2D eigenvalue weighted by Gasteiger charge is -2.08. The standard InChI is InChI=1S/C14H10BrF2NO2/c1-20-9-3-5-12(17)13(7-9)18-14(19)8-2-4-11(16)10(15)6-8/h2-7H,1H3,(H,18,19). The summed E-state index contributed by atoms with van der Waals surface area (Å²) in [6.45, 7) is 0. The molecular weight excluding hydrogens is 332 g/mol. The quantitative estimate of drug-likeness (QED) is 0.916. The van der Waals surface area contributed by atoms with Crippen LogP contribution in [-0.2, 0) is 0 Å². The van der Waals surface area contributed by atoms with Crippen molar-refractivity contribution < 1.29 is 18.3 Å². The van der Waals surface area contributed by atoms with Crippen LogP contribution in [0.3, 0.4) is 0 Å². The van der Waals surface area contributed by atoms with Crippen LogP contribution in [0.15, 0.2) is 40.9 Å². The van der Waals surface area contributed by atoms with Gasteiger partial charge in [-0.3, -0.25) is 4.79 Å². The van der Waals surface area contributed by atoms with E-state index in [4.69, 9.17) is 4.74 Å². The third-order valence-corrected chi connectivity index (χ3v) is 3.21. The molecular formula is C14H10BrF2NO2. The summed E-state index contributed by atoms with van der Waals surface area (Å²) in [7, 11) is 1.44. The first kappa shape index (κ1) is 14.5. The van der Waals surface area contributed by atoms with Crippen LogP contribution in [0.2, 0.25) is 0 Å². The number of anilines is 1. The molecule has 0 aliphatic heterocycles. The monoisotopic (exact) mass is 341 g/mol. The van der Waals surface area contributed by atoms with E-state index in [1.165, 1.54) is 37.4 Å². The lowest BCUT2D eigenvalue weighted by atomic mass is 10.2. The minimum Gasteiger partial charge on any atom is -0.497 e. The fraction of sp³-hybridized carbons (Fsp3) is 0.0714. The van der Waals surface area contributed by atoms with Gasteiger partial charge in [0.2, 0.25) is 0 Å². The van der Waals surface area contributed by atoms with E-state index in [0.29, 0.717) is 5.75 Å². The second-order valence-corrected chi connectivity index (χ2v) is 4.78. The van der Waals surface area contributed by atoms with E-state index in [-0.39, 0.29) is 15.7 Å². The van der Waals surface area contributed by atoms with E-state index in [1.54, 1.807) is 0 Å². The molecule has 2 aromatic carbocycles. The summed E-state index contributed by atoms with van der Waals surface area (Å²) in [5.74, 6) is -1.19. The minimum atomic E-state index is -0.583. The van der Waals surface area contributed by atoms with Crippen molar-refractivity contribution in [2.75, 3.05) is 12.4 Å². The number of nitrogens with one attached hydrogen (secondary N) is 1. The molecule has 2 aromatic rings. The smallest absolute Gasteiger partial charge is 0.255 e. The molecule has 104 valence electrons. The number of hydrogen-bond donors (Lipinski definition) is 1. The van der Waals surface area contributed by atoms with Gasteiger partial charge in [0.25, 0.3) is 5.91 Å². The van der Waals surface area contributed by atoms with Gasteiger partial charge in [0, 0.05) is 11.6 Å². The van der Waals surface area contributed by atoms with Crippen molar-refractivity contribution in [2.24, 2.45) is 0 Å². The van der Waals surface area contributed by atoms with Gasteiger partial charge in [-0.1, -0.05) is 0 Å². The highest BCUT2D eigenvalue weighted by molar-refractivity contribution is 9.10. The number of carbonyl (C=O) groups excluding carboxylic acids is 1. The van der Waals surface area contributed by atoms with Gasteiger partial charge in [0.1, 0.15) is 17.4 Å². The van der Waals surface area contributed by atoms with Crippen LogP contribution < -0.4 is 10.1 Å². The topological polar surface area (TPSA) is 38.3 Å². The molecule has 2 rings (SSSR count). The maximum absolute atomic E-state index is 13.6. The number of amides is 1. The summed E-state index contributed by atoms with van der Waals surface area (Å²) in [5, 5.41) is 2.41. The molecule has 0 saturated heterocycles. The maximum Gasteiger partial charge on any atom is 0.255 e. The summed E-state index contributed by atoms with van der Waals surface area (Å²) in [6.07, 6.45) is 0. The second-order valence-electron chi connectivity index (χ2n) is 3.93. The Bertz CT molecular complexity index is 662. The predicted molar refractivity (Wildman–Crippen MR) is 75.0 cm³/mol.